The molecule has 2 heterocycles. The number of hydrogen-bond donors (Lipinski definition) is 1. The molecule has 1 aliphatic rings. The molecule has 148 valence electrons. The molecule has 4 rings (SSSR count). The summed E-state index contributed by atoms with van der Waals surface area (Å²) in [6.07, 6.45) is 0. The first-order valence-corrected chi connectivity index (χ1v) is 10.0. The quantitative estimate of drug-likeness (QED) is 0.514. The summed E-state index contributed by atoms with van der Waals surface area (Å²) in [5, 5.41) is 11.6. The third kappa shape index (κ3) is 3.88. The van der Waals surface area contributed by atoms with Crippen molar-refractivity contribution < 1.29 is 14.3 Å². The molecule has 1 aliphatic heterocycles. The van der Waals surface area contributed by atoms with Gasteiger partial charge in [0, 0.05) is 18.2 Å². The minimum absolute atomic E-state index is 0.0119. The number of carbonyl (C=O) groups excluding carboxylic acids is 2. The van der Waals surface area contributed by atoms with Gasteiger partial charge < -0.3 is 14.6 Å². The lowest BCUT2D eigenvalue weighted by molar-refractivity contribution is -0.118. The number of amides is 1. The summed E-state index contributed by atoms with van der Waals surface area (Å²) >= 11 is 1.35. The third-order valence-electron chi connectivity index (χ3n) is 4.66. The first kappa shape index (κ1) is 19.2. The maximum Gasteiger partial charge on any atom is 0.262 e. The summed E-state index contributed by atoms with van der Waals surface area (Å²) in [4.78, 5) is 24.4. The van der Waals surface area contributed by atoms with Gasteiger partial charge in [-0.3, -0.25) is 9.59 Å². The second kappa shape index (κ2) is 7.71. The Balaban J connectivity index is 1.53. The Hall–Kier alpha value is -3.13. The number of ether oxygens (including phenoxy) is 1. The topological polar surface area (TPSA) is 86.1 Å². The van der Waals surface area contributed by atoms with Crippen LogP contribution in [0.5, 0.6) is 5.75 Å². The Labute approximate surface area is 172 Å². The molecule has 0 aliphatic carbocycles. The van der Waals surface area contributed by atoms with Gasteiger partial charge >= 0.3 is 0 Å². The van der Waals surface area contributed by atoms with Gasteiger partial charge in [-0.25, -0.2) is 0 Å². The van der Waals surface area contributed by atoms with Crippen LogP contribution in [0.4, 0.5) is 5.69 Å². The molecule has 0 saturated heterocycles. The summed E-state index contributed by atoms with van der Waals surface area (Å²) < 4.78 is 7.24. The van der Waals surface area contributed by atoms with E-state index in [1.807, 2.05) is 43.7 Å². The monoisotopic (exact) mass is 408 g/mol. The Bertz CT molecular complexity index is 1110. The van der Waals surface area contributed by atoms with Crippen molar-refractivity contribution in [1.29, 1.82) is 0 Å². The number of anilines is 1. The van der Waals surface area contributed by atoms with E-state index in [-0.39, 0.29) is 23.5 Å². The molecule has 1 unspecified atom stereocenters. The molecule has 7 nitrogen and oxygen atoms in total. The third-order valence-corrected chi connectivity index (χ3v) is 5.79. The van der Waals surface area contributed by atoms with Crippen molar-refractivity contribution in [2.75, 3.05) is 11.9 Å². The van der Waals surface area contributed by atoms with Crippen molar-refractivity contribution in [3.63, 3.8) is 0 Å². The lowest BCUT2D eigenvalue weighted by Gasteiger charge is -2.19. The SMILES string of the molecule is Cc1cccc(-c2nnc(SC(C)C(=O)c3ccc4c(c3)NC(=O)CO4)n2C)c1. The van der Waals surface area contributed by atoms with Crippen LogP contribution in [0.25, 0.3) is 11.4 Å². The van der Waals surface area contributed by atoms with E-state index >= 15 is 0 Å². The van der Waals surface area contributed by atoms with Gasteiger partial charge in [0.1, 0.15) is 5.75 Å². The summed E-state index contributed by atoms with van der Waals surface area (Å²) in [6, 6.07) is 13.1. The molecule has 1 aromatic heterocycles. The number of nitrogens with zero attached hydrogens (tertiary/aromatic N) is 3. The van der Waals surface area contributed by atoms with E-state index in [0.29, 0.717) is 22.2 Å². The lowest BCUT2D eigenvalue weighted by Crippen LogP contribution is -2.25. The van der Waals surface area contributed by atoms with Crippen LogP contribution in [0.15, 0.2) is 47.6 Å². The molecule has 1 atom stereocenters. The molecular weight excluding hydrogens is 388 g/mol. The van der Waals surface area contributed by atoms with Gasteiger partial charge in [-0.15, -0.1) is 10.2 Å². The van der Waals surface area contributed by atoms with Crippen LogP contribution in [0.1, 0.15) is 22.8 Å². The summed E-state index contributed by atoms with van der Waals surface area (Å²) in [7, 11) is 1.89. The molecule has 8 heteroatoms. The van der Waals surface area contributed by atoms with E-state index in [2.05, 4.69) is 21.6 Å². The van der Waals surface area contributed by atoms with Gasteiger partial charge in [0.25, 0.3) is 5.91 Å². The van der Waals surface area contributed by atoms with Crippen LogP contribution in [0.3, 0.4) is 0 Å². The highest BCUT2D eigenvalue weighted by Crippen LogP contribution is 2.31. The van der Waals surface area contributed by atoms with Gasteiger partial charge in [0.15, 0.2) is 23.4 Å². The van der Waals surface area contributed by atoms with Crippen molar-refractivity contribution in [3.8, 4) is 17.1 Å². The van der Waals surface area contributed by atoms with Gasteiger partial charge in [-0.05, 0) is 38.1 Å². The van der Waals surface area contributed by atoms with Crippen LogP contribution < -0.4 is 10.1 Å². The second-order valence-corrected chi connectivity index (χ2v) is 8.21. The first-order chi connectivity index (χ1) is 13.9. The molecule has 0 fully saturated rings. The van der Waals surface area contributed by atoms with Crippen molar-refractivity contribution in [2.24, 2.45) is 7.05 Å². The molecule has 0 radical (unpaired) electrons. The number of thioether (sulfide) groups is 1. The second-order valence-electron chi connectivity index (χ2n) is 6.91. The van der Waals surface area contributed by atoms with E-state index in [1.54, 1.807) is 18.2 Å². The van der Waals surface area contributed by atoms with Crippen molar-refractivity contribution in [3.05, 3.63) is 53.6 Å². The summed E-state index contributed by atoms with van der Waals surface area (Å²) in [5.41, 5.74) is 3.16. The normalized spacial score (nSPS) is 14.0. The highest BCUT2D eigenvalue weighted by atomic mass is 32.2. The number of ketones is 1. The molecule has 1 N–H and O–H groups in total. The molecule has 1 amide bonds. The molecule has 29 heavy (non-hydrogen) atoms. The molecule has 0 bridgehead atoms. The van der Waals surface area contributed by atoms with Crippen LogP contribution >= 0.6 is 11.8 Å². The fourth-order valence-corrected chi connectivity index (χ4v) is 4.03. The van der Waals surface area contributed by atoms with Crippen LogP contribution in [0, 0.1) is 6.92 Å². The number of rotatable bonds is 5. The highest BCUT2D eigenvalue weighted by Gasteiger charge is 2.23. The van der Waals surface area contributed by atoms with Crippen LogP contribution in [-0.2, 0) is 11.8 Å². The fourth-order valence-electron chi connectivity index (χ4n) is 3.14. The highest BCUT2D eigenvalue weighted by molar-refractivity contribution is 8.00. The van der Waals surface area contributed by atoms with Crippen molar-refractivity contribution in [1.82, 2.24) is 14.8 Å². The van der Waals surface area contributed by atoms with E-state index in [4.69, 9.17) is 4.74 Å². The molecule has 0 spiro atoms. The number of Topliss-reactive ketones (excluding diaryl/α,β-unsaturated/α-hetero) is 1. The van der Waals surface area contributed by atoms with E-state index in [1.165, 1.54) is 11.8 Å². The zero-order chi connectivity index (χ0) is 20.5. The molecule has 2 aromatic carbocycles. The van der Waals surface area contributed by atoms with Crippen molar-refractivity contribution >= 4 is 29.1 Å². The average molecular weight is 408 g/mol. The predicted molar refractivity (Wildman–Crippen MR) is 111 cm³/mol. The summed E-state index contributed by atoms with van der Waals surface area (Å²) in [6.45, 7) is 3.85. The Morgan fingerprint density at radius 3 is 2.86 bits per heavy atom. The number of hydrogen-bond acceptors (Lipinski definition) is 6. The number of aromatic nitrogens is 3. The minimum atomic E-state index is -0.374. The Kier molecular flexibility index (Phi) is 5.10. The van der Waals surface area contributed by atoms with Gasteiger partial charge in [-0.1, -0.05) is 35.5 Å². The van der Waals surface area contributed by atoms with Gasteiger partial charge in [0.05, 0.1) is 10.9 Å². The maximum atomic E-state index is 12.9. The first-order valence-electron chi connectivity index (χ1n) is 9.16. The average Bonchev–Trinajstić information content (AvgIpc) is 3.07. The maximum absolute atomic E-state index is 12.9. The molecule has 3 aromatic rings. The number of aryl methyl sites for hydroxylation is 1. The fraction of sp³-hybridized carbons (Fsp3) is 0.238. The zero-order valence-corrected chi connectivity index (χ0v) is 17.1. The van der Waals surface area contributed by atoms with E-state index in [0.717, 1.165) is 17.0 Å². The van der Waals surface area contributed by atoms with E-state index < -0.39 is 0 Å². The standard InChI is InChI=1S/C21H20N4O3S/c1-12-5-4-6-15(9-12)20-23-24-21(25(20)3)29-13(2)19(27)14-7-8-17-16(10-14)22-18(26)11-28-17/h4-10,13H,11H2,1-3H3,(H,22,26). The number of carbonyl (C=O) groups is 2. The summed E-state index contributed by atoms with van der Waals surface area (Å²) in [5.74, 6) is 1.03. The number of benzene rings is 2. The Morgan fingerprint density at radius 2 is 2.07 bits per heavy atom. The van der Waals surface area contributed by atoms with E-state index in [9.17, 15) is 9.59 Å². The number of nitrogens with one attached hydrogen (secondary N) is 1. The predicted octanol–water partition coefficient (Wildman–Crippen LogP) is 3.48. The zero-order valence-electron chi connectivity index (χ0n) is 16.3. The molecular formula is C21H20N4O3S. The van der Waals surface area contributed by atoms with Crippen molar-refractivity contribution in [2.45, 2.75) is 24.3 Å². The minimum Gasteiger partial charge on any atom is -0.482 e. The lowest BCUT2D eigenvalue weighted by atomic mass is 10.1. The number of fused-ring (bicyclic) bond motifs is 1. The van der Waals surface area contributed by atoms with Crippen LogP contribution in [-0.4, -0.2) is 38.3 Å². The Morgan fingerprint density at radius 1 is 1.24 bits per heavy atom. The largest absolute Gasteiger partial charge is 0.482 e. The van der Waals surface area contributed by atoms with Gasteiger partial charge in [0.2, 0.25) is 0 Å². The van der Waals surface area contributed by atoms with Crippen LogP contribution in [0.2, 0.25) is 0 Å². The van der Waals surface area contributed by atoms with Gasteiger partial charge in [-0.2, -0.15) is 0 Å². The molecule has 0 saturated carbocycles. The smallest absolute Gasteiger partial charge is 0.262 e.